The Bertz CT molecular complexity index is 533. The largest absolute Gasteiger partial charge is 0.493 e. The lowest BCUT2D eigenvalue weighted by Gasteiger charge is -2.17. The van der Waals surface area contributed by atoms with Crippen LogP contribution in [0.25, 0.3) is 0 Å². The minimum absolute atomic E-state index is 0.138. The zero-order valence-electron chi connectivity index (χ0n) is 12.4. The van der Waals surface area contributed by atoms with E-state index in [1.165, 1.54) is 0 Å². The van der Waals surface area contributed by atoms with Gasteiger partial charge < -0.3 is 9.47 Å². The van der Waals surface area contributed by atoms with Crippen molar-refractivity contribution < 1.29 is 14.3 Å². The molecule has 1 aliphatic heterocycles. The van der Waals surface area contributed by atoms with Crippen LogP contribution in [0.15, 0.2) is 18.2 Å². The second-order valence-corrected chi connectivity index (χ2v) is 5.18. The van der Waals surface area contributed by atoms with E-state index in [-0.39, 0.29) is 5.78 Å². The number of carbonyl (C=O) groups excluding carboxylic acids is 1. The van der Waals surface area contributed by atoms with Crippen molar-refractivity contribution in [1.82, 2.24) is 4.90 Å². The van der Waals surface area contributed by atoms with Crippen molar-refractivity contribution in [2.24, 2.45) is 0 Å². The zero-order chi connectivity index (χ0) is 15.1. The Kier molecular flexibility index (Phi) is 5.65. The number of unbranched alkanes of at least 4 members (excludes halogenated alkanes) is 1. The van der Waals surface area contributed by atoms with Gasteiger partial charge in [-0.25, -0.2) is 0 Å². The maximum Gasteiger partial charge on any atom is 0.169 e. The van der Waals surface area contributed by atoms with E-state index in [1.54, 1.807) is 12.1 Å². The Morgan fingerprint density at radius 1 is 1.43 bits per heavy atom. The van der Waals surface area contributed by atoms with Gasteiger partial charge in [0.05, 0.1) is 25.3 Å². The predicted molar refractivity (Wildman–Crippen MR) is 81.9 cm³/mol. The molecule has 1 heterocycles. The zero-order valence-corrected chi connectivity index (χ0v) is 12.4. The van der Waals surface area contributed by atoms with Crippen molar-refractivity contribution in [3.63, 3.8) is 0 Å². The average molecular weight is 287 g/mol. The molecule has 0 unspecified atom stereocenters. The summed E-state index contributed by atoms with van der Waals surface area (Å²) < 4.78 is 11.2. The average Bonchev–Trinajstić information content (AvgIpc) is 2.47. The van der Waals surface area contributed by atoms with E-state index in [4.69, 9.17) is 15.9 Å². The lowest BCUT2D eigenvalue weighted by molar-refractivity contribution is 0.0933. The quantitative estimate of drug-likeness (QED) is 0.570. The highest BCUT2D eigenvalue weighted by molar-refractivity contribution is 5.99. The first kappa shape index (κ1) is 15.4. The summed E-state index contributed by atoms with van der Waals surface area (Å²) in [6.45, 7) is 2.75. The Morgan fingerprint density at radius 3 is 3.10 bits per heavy atom. The summed E-state index contributed by atoms with van der Waals surface area (Å²) in [5, 5.41) is 0. The summed E-state index contributed by atoms with van der Waals surface area (Å²) in [6.07, 6.45) is 7.71. The van der Waals surface area contributed by atoms with Crippen LogP contribution in [0.5, 0.6) is 11.5 Å². The van der Waals surface area contributed by atoms with E-state index in [0.29, 0.717) is 37.5 Å². The Labute approximate surface area is 126 Å². The number of benzene rings is 1. The van der Waals surface area contributed by atoms with Gasteiger partial charge in [0.1, 0.15) is 11.5 Å². The van der Waals surface area contributed by atoms with Crippen molar-refractivity contribution in [3.8, 4) is 23.8 Å². The van der Waals surface area contributed by atoms with Gasteiger partial charge in [0.15, 0.2) is 5.78 Å². The highest BCUT2D eigenvalue weighted by atomic mass is 16.5. The number of ketones is 1. The van der Waals surface area contributed by atoms with Gasteiger partial charge in [-0.05, 0) is 38.6 Å². The predicted octanol–water partition coefficient (Wildman–Crippen LogP) is 2.38. The molecule has 4 nitrogen and oxygen atoms in total. The molecule has 0 atom stereocenters. The number of hydrogen-bond acceptors (Lipinski definition) is 4. The number of rotatable bonds is 7. The van der Waals surface area contributed by atoms with Crippen LogP contribution in [0.3, 0.4) is 0 Å². The molecule has 0 saturated heterocycles. The fraction of sp³-hybridized carbons (Fsp3) is 0.471. The molecule has 2 rings (SSSR count). The highest BCUT2D eigenvalue weighted by Gasteiger charge is 2.18. The fourth-order valence-electron chi connectivity index (χ4n) is 2.24. The van der Waals surface area contributed by atoms with Gasteiger partial charge in [-0.15, -0.1) is 6.42 Å². The monoisotopic (exact) mass is 287 g/mol. The summed E-state index contributed by atoms with van der Waals surface area (Å²) in [4.78, 5) is 13.8. The highest BCUT2D eigenvalue weighted by Crippen LogP contribution is 2.29. The Balaban J connectivity index is 1.74. The third-order valence-corrected chi connectivity index (χ3v) is 3.40. The summed E-state index contributed by atoms with van der Waals surface area (Å²) >= 11 is 0. The summed E-state index contributed by atoms with van der Waals surface area (Å²) in [5.41, 5.74) is 0.657. The third-order valence-electron chi connectivity index (χ3n) is 3.40. The lowest BCUT2D eigenvalue weighted by atomic mass is 10.1. The topological polar surface area (TPSA) is 38.8 Å². The maximum absolute atomic E-state index is 11.7. The van der Waals surface area contributed by atoms with Crippen molar-refractivity contribution in [1.29, 1.82) is 0 Å². The second kappa shape index (κ2) is 7.70. The first-order chi connectivity index (χ1) is 10.2. The normalized spacial score (nSPS) is 13.5. The molecule has 0 aliphatic carbocycles. The van der Waals surface area contributed by atoms with Crippen molar-refractivity contribution in [3.05, 3.63) is 23.8 Å². The minimum atomic E-state index is 0.138. The molecule has 0 fully saturated rings. The fourth-order valence-corrected chi connectivity index (χ4v) is 2.24. The molecule has 21 heavy (non-hydrogen) atoms. The molecule has 1 aromatic carbocycles. The van der Waals surface area contributed by atoms with Crippen LogP contribution >= 0.6 is 0 Å². The number of terminal acetylenes is 1. The van der Waals surface area contributed by atoms with Crippen LogP contribution < -0.4 is 9.47 Å². The number of Topliss-reactive ketones (excluding diaryl/α,β-unsaturated/α-hetero) is 1. The van der Waals surface area contributed by atoms with Crippen molar-refractivity contribution in [2.75, 3.05) is 33.4 Å². The molecule has 0 spiro atoms. The molecule has 1 aliphatic rings. The standard InChI is InChI=1S/C17H21NO3/c1-3-9-18(2)10-4-5-11-20-14-6-7-15-16(19)8-12-21-17(15)13-14/h1,6-7,13H,4-5,8-12H2,2H3. The van der Waals surface area contributed by atoms with E-state index in [1.807, 2.05) is 13.1 Å². The molecule has 1 aromatic rings. The molecule has 0 bridgehead atoms. The molecule has 0 amide bonds. The van der Waals surface area contributed by atoms with Crippen LogP contribution in [0.2, 0.25) is 0 Å². The van der Waals surface area contributed by atoms with Crippen LogP contribution in [-0.2, 0) is 0 Å². The molecule has 4 heteroatoms. The van der Waals surface area contributed by atoms with Gasteiger partial charge in [-0.3, -0.25) is 9.69 Å². The number of nitrogens with zero attached hydrogens (tertiary/aromatic N) is 1. The number of carbonyl (C=O) groups is 1. The van der Waals surface area contributed by atoms with Crippen LogP contribution in [0.1, 0.15) is 29.6 Å². The van der Waals surface area contributed by atoms with E-state index in [2.05, 4.69) is 10.8 Å². The molecular weight excluding hydrogens is 266 g/mol. The minimum Gasteiger partial charge on any atom is -0.493 e. The first-order valence-corrected chi connectivity index (χ1v) is 7.25. The molecule has 0 saturated carbocycles. The second-order valence-electron chi connectivity index (χ2n) is 5.18. The maximum atomic E-state index is 11.7. The molecule has 0 radical (unpaired) electrons. The van der Waals surface area contributed by atoms with Gasteiger partial charge in [-0.2, -0.15) is 0 Å². The van der Waals surface area contributed by atoms with Crippen LogP contribution in [0.4, 0.5) is 0 Å². The van der Waals surface area contributed by atoms with Crippen LogP contribution in [0, 0.1) is 12.3 Å². The van der Waals surface area contributed by atoms with E-state index < -0.39 is 0 Å². The SMILES string of the molecule is C#CCN(C)CCCCOc1ccc2c(c1)OCCC2=O. The van der Waals surface area contributed by atoms with Gasteiger partial charge in [0.25, 0.3) is 0 Å². The van der Waals surface area contributed by atoms with Crippen molar-refractivity contribution >= 4 is 5.78 Å². The summed E-state index contributed by atoms with van der Waals surface area (Å²) in [5.74, 6) is 4.15. The van der Waals surface area contributed by atoms with Gasteiger partial charge in [0.2, 0.25) is 0 Å². The van der Waals surface area contributed by atoms with Crippen LogP contribution in [-0.4, -0.2) is 44.0 Å². The van der Waals surface area contributed by atoms with Gasteiger partial charge in [0, 0.05) is 12.5 Å². The molecular formula is C17H21NO3. The van der Waals surface area contributed by atoms with Gasteiger partial charge >= 0.3 is 0 Å². The van der Waals surface area contributed by atoms with Crippen molar-refractivity contribution in [2.45, 2.75) is 19.3 Å². The van der Waals surface area contributed by atoms with E-state index in [9.17, 15) is 4.79 Å². The molecule has 112 valence electrons. The van der Waals surface area contributed by atoms with E-state index in [0.717, 1.165) is 25.1 Å². The van der Waals surface area contributed by atoms with E-state index >= 15 is 0 Å². The summed E-state index contributed by atoms with van der Waals surface area (Å²) in [7, 11) is 2.01. The summed E-state index contributed by atoms with van der Waals surface area (Å²) in [6, 6.07) is 5.42. The molecule has 0 N–H and O–H groups in total. The Hall–Kier alpha value is -1.99. The smallest absolute Gasteiger partial charge is 0.169 e. The third kappa shape index (κ3) is 4.51. The Morgan fingerprint density at radius 2 is 2.29 bits per heavy atom. The van der Waals surface area contributed by atoms with Gasteiger partial charge in [-0.1, -0.05) is 5.92 Å². The number of ether oxygens (including phenoxy) is 2. The number of hydrogen-bond donors (Lipinski definition) is 0. The number of fused-ring (bicyclic) bond motifs is 1. The first-order valence-electron chi connectivity index (χ1n) is 7.25. The molecule has 0 aromatic heterocycles. The lowest BCUT2D eigenvalue weighted by Crippen LogP contribution is -2.20.